The summed E-state index contributed by atoms with van der Waals surface area (Å²) in [6.07, 6.45) is 16.1. The maximum absolute atomic E-state index is 12.8. The van der Waals surface area contributed by atoms with Gasteiger partial charge >= 0.3 is 5.97 Å². The van der Waals surface area contributed by atoms with Crippen molar-refractivity contribution < 1.29 is 9.53 Å². The second kappa shape index (κ2) is 17.9. The first-order chi connectivity index (χ1) is 21.1. The summed E-state index contributed by atoms with van der Waals surface area (Å²) in [5, 5.41) is 0. The van der Waals surface area contributed by atoms with E-state index >= 15 is 0 Å². The number of ether oxygens (including phenoxy) is 1. The molecule has 0 radical (unpaired) electrons. The van der Waals surface area contributed by atoms with E-state index in [-0.39, 0.29) is 12.0 Å². The predicted octanol–water partition coefficient (Wildman–Crippen LogP) is 10.7. The lowest BCUT2D eigenvalue weighted by atomic mass is 10.00. The molecule has 43 heavy (non-hydrogen) atoms. The van der Waals surface area contributed by atoms with Crippen LogP contribution in [0.3, 0.4) is 0 Å². The second-order valence-electron chi connectivity index (χ2n) is 11.6. The average molecular weight is 574 g/mol. The average Bonchev–Trinajstić information content (AvgIpc) is 3.04. The van der Waals surface area contributed by atoms with E-state index in [1.54, 1.807) is 0 Å². The topological polar surface area (TPSA) is 38.7 Å². The smallest absolute Gasteiger partial charge is 0.343 e. The normalized spacial score (nSPS) is 12.0. The molecular weight excluding hydrogens is 526 g/mol. The van der Waals surface area contributed by atoms with E-state index < -0.39 is 0 Å². The first-order valence-electron chi connectivity index (χ1n) is 16.2. The summed E-state index contributed by atoms with van der Waals surface area (Å²) < 4.78 is 5.62. The van der Waals surface area contributed by atoms with Crippen LogP contribution in [0.1, 0.15) is 98.7 Å². The Labute approximate surface area is 259 Å². The summed E-state index contributed by atoms with van der Waals surface area (Å²) in [5.41, 5.74) is 6.43. The van der Waals surface area contributed by atoms with Crippen molar-refractivity contribution in [1.82, 2.24) is 0 Å². The highest BCUT2D eigenvalue weighted by atomic mass is 16.5. The summed E-state index contributed by atoms with van der Waals surface area (Å²) in [6.45, 7) is 4.38. The van der Waals surface area contributed by atoms with Gasteiger partial charge in [-0.3, -0.25) is 4.99 Å². The fraction of sp³-hybridized carbons (Fsp3) is 0.350. The van der Waals surface area contributed by atoms with E-state index in [0.29, 0.717) is 11.3 Å². The van der Waals surface area contributed by atoms with Gasteiger partial charge in [0.2, 0.25) is 0 Å². The quantitative estimate of drug-likeness (QED) is 0.0545. The molecule has 0 saturated heterocycles. The number of hydrogen-bond donors (Lipinski definition) is 0. The van der Waals surface area contributed by atoms with Gasteiger partial charge in [0.15, 0.2) is 0 Å². The Bertz CT molecular complexity index is 1370. The largest absolute Gasteiger partial charge is 0.423 e. The van der Waals surface area contributed by atoms with Crippen molar-refractivity contribution in [1.29, 1.82) is 0 Å². The number of nitrogens with zero attached hydrogens (tertiary/aromatic N) is 1. The molecule has 3 heteroatoms. The maximum atomic E-state index is 12.8. The van der Waals surface area contributed by atoms with Gasteiger partial charge in [-0.1, -0.05) is 125 Å². The number of aryl methyl sites for hydroxylation is 1. The van der Waals surface area contributed by atoms with E-state index in [1.165, 1.54) is 68.9 Å². The van der Waals surface area contributed by atoms with Gasteiger partial charge in [-0.05, 0) is 90.4 Å². The third-order valence-corrected chi connectivity index (χ3v) is 7.92. The summed E-state index contributed by atoms with van der Waals surface area (Å²) in [5.74, 6) is 0.159. The van der Waals surface area contributed by atoms with E-state index in [9.17, 15) is 4.79 Å². The maximum Gasteiger partial charge on any atom is 0.343 e. The third-order valence-electron chi connectivity index (χ3n) is 7.92. The van der Waals surface area contributed by atoms with Crippen molar-refractivity contribution in [2.75, 3.05) is 0 Å². The molecule has 4 aromatic rings. The van der Waals surface area contributed by atoms with Gasteiger partial charge in [0, 0.05) is 6.21 Å². The second-order valence-corrected chi connectivity index (χ2v) is 11.6. The Kier molecular flexibility index (Phi) is 13.3. The van der Waals surface area contributed by atoms with Crippen molar-refractivity contribution >= 4 is 12.2 Å². The Morgan fingerprint density at radius 1 is 0.674 bits per heavy atom. The Balaban J connectivity index is 1.19. The van der Waals surface area contributed by atoms with Crippen molar-refractivity contribution in [3.8, 4) is 16.9 Å². The molecular formula is C40H47NO2. The van der Waals surface area contributed by atoms with Crippen molar-refractivity contribution in [2.45, 2.75) is 90.5 Å². The molecule has 0 aliphatic carbocycles. The van der Waals surface area contributed by atoms with Gasteiger partial charge in [0.05, 0.1) is 11.6 Å². The van der Waals surface area contributed by atoms with Gasteiger partial charge in [0.25, 0.3) is 0 Å². The van der Waals surface area contributed by atoms with Gasteiger partial charge in [-0.2, -0.15) is 0 Å². The van der Waals surface area contributed by atoms with Crippen LogP contribution in [-0.4, -0.2) is 18.2 Å². The van der Waals surface area contributed by atoms with Crippen LogP contribution in [0.15, 0.2) is 108 Å². The molecule has 4 aromatic carbocycles. The lowest BCUT2D eigenvalue weighted by molar-refractivity contribution is 0.0735. The van der Waals surface area contributed by atoms with Crippen LogP contribution in [0.4, 0.5) is 0 Å². The number of hydrogen-bond acceptors (Lipinski definition) is 3. The van der Waals surface area contributed by atoms with Crippen molar-refractivity contribution in [3.05, 3.63) is 125 Å². The molecule has 0 N–H and O–H groups in total. The molecule has 0 aromatic heterocycles. The number of aliphatic imine (C=N–C) groups is 1. The van der Waals surface area contributed by atoms with Crippen LogP contribution in [0.25, 0.3) is 11.1 Å². The fourth-order valence-electron chi connectivity index (χ4n) is 5.31. The zero-order valence-electron chi connectivity index (χ0n) is 26.0. The van der Waals surface area contributed by atoms with Gasteiger partial charge in [-0.25, -0.2) is 4.79 Å². The summed E-state index contributed by atoms with van der Waals surface area (Å²) in [4.78, 5) is 17.4. The number of unbranched alkanes of at least 4 members (excludes halogenated alkanes) is 8. The number of carbonyl (C=O) groups excluding carboxylic acids is 1. The predicted molar refractivity (Wildman–Crippen MR) is 181 cm³/mol. The Morgan fingerprint density at radius 3 is 1.88 bits per heavy atom. The van der Waals surface area contributed by atoms with E-state index in [0.717, 1.165) is 29.5 Å². The molecule has 1 atom stereocenters. The molecule has 4 rings (SSSR count). The van der Waals surface area contributed by atoms with Crippen LogP contribution >= 0.6 is 0 Å². The zero-order chi connectivity index (χ0) is 30.1. The highest BCUT2D eigenvalue weighted by Crippen LogP contribution is 2.22. The molecule has 0 saturated carbocycles. The first kappa shape index (κ1) is 31.9. The van der Waals surface area contributed by atoms with Crippen LogP contribution < -0.4 is 4.74 Å². The molecule has 224 valence electrons. The monoisotopic (exact) mass is 573 g/mol. The highest BCUT2D eigenvalue weighted by molar-refractivity contribution is 5.91. The number of carbonyl (C=O) groups is 1. The highest BCUT2D eigenvalue weighted by Gasteiger charge is 2.09. The zero-order valence-corrected chi connectivity index (χ0v) is 26.0. The summed E-state index contributed by atoms with van der Waals surface area (Å²) in [7, 11) is 0. The standard InChI is InChI=1S/C40H47NO2/c1-3-4-5-6-7-8-9-10-12-15-33-18-22-36(23-19-33)37-24-26-38(27-25-37)40(42)43-39-28-20-35(21-29-39)31-41-32(2)30-34-16-13-11-14-17-34/h11,13-14,16-29,31-32H,3-10,12,15,30H2,1-2H3/t32-/m0/s1. The molecule has 0 fully saturated rings. The van der Waals surface area contributed by atoms with Crippen LogP contribution in [0, 0.1) is 0 Å². The minimum atomic E-state index is -0.360. The third kappa shape index (κ3) is 11.3. The summed E-state index contributed by atoms with van der Waals surface area (Å²) >= 11 is 0. The van der Waals surface area contributed by atoms with E-state index in [1.807, 2.05) is 60.8 Å². The Morgan fingerprint density at radius 2 is 1.26 bits per heavy atom. The molecule has 0 unspecified atom stereocenters. The SMILES string of the molecule is CCCCCCCCCCCc1ccc(-c2ccc(C(=O)Oc3ccc(C=N[C@@H](C)Cc4ccccc4)cc3)cc2)cc1. The lowest BCUT2D eigenvalue weighted by Gasteiger charge is -2.08. The van der Waals surface area contributed by atoms with E-state index in [2.05, 4.69) is 67.4 Å². The molecule has 0 bridgehead atoms. The minimum absolute atomic E-state index is 0.186. The minimum Gasteiger partial charge on any atom is -0.423 e. The number of rotatable bonds is 17. The number of esters is 1. The van der Waals surface area contributed by atoms with Crippen LogP contribution in [0.5, 0.6) is 5.75 Å². The van der Waals surface area contributed by atoms with Crippen LogP contribution in [0.2, 0.25) is 0 Å². The molecule has 0 spiro atoms. The van der Waals surface area contributed by atoms with E-state index in [4.69, 9.17) is 4.74 Å². The van der Waals surface area contributed by atoms with Crippen molar-refractivity contribution in [3.63, 3.8) is 0 Å². The van der Waals surface area contributed by atoms with Gasteiger partial charge in [0.1, 0.15) is 5.75 Å². The van der Waals surface area contributed by atoms with Crippen LogP contribution in [-0.2, 0) is 12.8 Å². The molecule has 0 heterocycles. The molecule has 0 amide bonds. The van der Waals surface area contributed by atoms with Crippen molar-refractivity contribution in [2.24, 2.45) is 4.99 Å². The Hall–Kier alpha value is -3.98. The lowest BCUT2D eigenvalue weighted by Crippen LogP contribution is -2.08. The molecule has 0 aliphatic heterocycles. The molecule has 0 aliphatic rings. The van der Waals surface area contributed by atoms with Gasteiger partial charge in [-0.15, -0.1) is 0 Å². The number of benzene rings is 4. The fourth-order valence-corrected chi connectivity index (χ4v) is 5.31. The van der Waals surface area contributed by atoms with Gasteiger partial charge < -0.3 is 4.74 Å². The summed E-state index contributed by atoms with van der Waals surface area (Å²) in [6, 6.07) is 34.5. The first-order valence-corrected chi connectivity index (χ1v) is 16.2. The molecule has 3 nitrogen and oxygen atoms in total.